The molecule has 0 bridgehead atoms. The summed E-state index contributed by atoms with van der Waals surface area (Å²) in [7, 11) is 3.56. The molecule has 26 heavy (non-hydrogen) atoms. The smallest absolute Gasteiger partial charge is 0.191 e. The standard InChI is InChI=1S/C20H32FN3O.HI/c1-19(2,16-6-8-17(21)9-7-16)14-23-18(22-3)24-15-20(10-5-11-20)12-13-25-4;/h6-9H,5,10-15H2,1-4H3,(H2,22,23,24);1H. The molecule has 1 saturated carbocycles. The molecule has 0 spiro atoms. The lowest BCUT2D eigenvalue weighted by molar-refractivity contribution is 0.0732. The Bertz CT molecular complexity index is 571. The summed E-state index contributed by atoms with van der Waals surface area (Å²) in [5.41, 5.74) is 1.34. The number of nitrogens with zero attached hydrogens (tertiary/aromatic N) is 1. The first-order valence-corrected chi connectivity index (χ1v) is 9.10. The zero-order valence-corrected chi connectivity index (χ0v) is 18.7. The van der Waals surface area contributed by atoms with Gasteiger partial charge in [-0.1, -0.05) is 32.4 Å². The van der Waals surface area contributed by atoms with Crippen LogP contribution in [0.4, 0.5) is 4.39 Å². The second-order valence-corrected chi connectivity index (χ2v) is 7.77. The second-order valence-electron chi connectivity index (χ2n) is 7.77. The average Bonchev–Trinajstić information content (AvgIpc) is 2.56. The molecule has 1 aliphatic rings. The van der Waals surface area contributed by atoms with Crippen molar-refractivity contribution in [1.29, 1.82) is 0 Å². The van der Waals surface area contributed by atoms with Crippen LogP contribution in [0.5, 0.6) is 0 Å². The Balaban J connectivity index is 0.00000338. The summed E-state index contributed by atoms with van der Waals surface area (Å²) in [5, 5.41) is 6.89. The maximum absolute atomic E-state index is 13.1. The predicted octanol–water partition coefficient (Wildman–Crippen LogP) is 4.09. The van der Waals surface area contributed by atoms with E-state index in [1.54, 1.807) is 14.2 Å². The van der Waals surface area contributed by atoms with Gasteiger partial charge in [0.25, 0.3) is 0 Å². The molecular weight excluding hydrogens is 444 g/mol. The third-order valence-corrected chi connectivity index (χ3v) is 5.43. The molecule has 0 aromatic heterocycles. The van der Waals surface area contributed by atoms with Crippen LogP contribution in [0, 0.1) is 11.2 Å². The van der Waals surface area contributed by atoms with Crippen LogP contribution in [0.15, 0.2) is 29.3 Å². The molecular formula is C20H33FIN3O. The van der Waals surface area contributed by atoms with E-state index in [1.165, 1.54) is 31.4 Å². The highest BCUT2D eigenvalue weighted by atomic mass is 127. The fourth-order valence-corrected chi connectivity index (χ4v) is 3.31. The summed E-state index contributed by atoms with van der Waals surface area (Å²) in [5.74, 6) is 0.616. The van der Waals surface area contributed by atoms with Gasteiger partial charge in [-0.2, -0.15) is 0 Å². The fraction of sp³-hybridized carbons (Fsp3) is 0.650. The van der Waals surface area contributed by atoms with Crippen molar-refractivity contribution >= 4 is 29.9 Å². The molecule has 1 aliphatic carbocycles. The van der Waals surface area contributed by atoms with Gasteiger partial charge in [0.2, 0.25) is 0 Å². The van der Waals surface area contributed by atoms with E-state index in [-0.39, 0.29) is 35.2 Å². The Kier molecular flexibility index (Phi) is 9.30. The number of ether oxygens (including phenoxy) is 1. The Hall–Kier alpha value is -0.890. The lowest BCUT2D eigenvalue weighted by atomic mass is 9.67. The zero-order valence-electron chi connectivity index (χ0n) is 16.4. The summed E-state index contributed by atoms with van der Waals surface area (Å²) in [6.45, 7) is 6.75. The van der Waals surface area contributed by atoms with Gasteiger partial charge in [-0.05, 0) is 42.4 Å². The Morgan fingerprint density at radius 2 is 1.88 bits per heavy atom. The number of rotatable bonds is 8. The molecule has 2 N–H and O–H groups in total. The highest BCUT2D eigenvalue weighted by Crippen LogP contribution is 2.43. The molecule has 148 valence electrons. The molecule has 0 aliphatic heterocycles. The molecule has 0 atom stereocenters. The maximum Gasteiger partial charge on any atom is 0.191 e. The summed E-state index contributed by atoms with van der Waals surface area (Å²) in [4.78, 5) is 4.34. The summed E-state index contributed by atoms with van der Waals surface area (Å²) >= 11 is 0. The monoisotopic (exact) mass is 477 g/mol. The van der Waals surface area contributed by atoms with Gasteiger partial charge in [-0.15, -0.1) is 24.0 Å². The summed E-state index contributed by atoms with van der Waals surface area (Å²) < 4.78 is 18.4. The van der Waals surface area contributed by atoms with Crippen molar-refractivity contribution in [1.82, 2.24) is 10.6 Å². The van der Waals surface area contributed by atoms with Crippen LogP contribution in [0.3, 0.4) is 0 Å². The summed E-state index contributed by atoms with van der Waals surface area (Å²) in [6.07, 6.45) is 4.90. The van der Waals surface area contributed by atoms with Crippen LogP contribution in [-0.4, -0.2) is 39.8 Å². The second kappa shape index (κ2) is 10.4. The van der Waals surface area contributed by atoms with Crippen molar-refractivity contribution < 1.29 is 9.13 Å². The number of hydrogen-bond donors (Lipinski definition) is 2. The molecule has 1 fully saturated rings. The Morgan fingerprint density at radius 1 is 1.23 bits per heavy atom. The first kappa shape index (κ1) is 23.1. The van der Waals surface area contributed by atoms with E-state index in [4.69, 9.17) is 4.74 Å². The molecule has 1 aromatic rings. The number of halogens is 2. The number of methoxy groups -OCH3 is 1. The molecule has 4 nitrogen and oxygen atoms in total. The minimum atomic E-state index is -0.202. The Labute approximate surface area is 174 Å². The van der Waals surface area contributed by atoms with E-state index in [1.807, 2.05) is 12.1 Å². The van der Waals surface area contributed by atoms with E-state index in [2.05, 4.69) is 29.5 Å². The van der Waals surface area contributed by atoms with Crippen molar-refractivity contribution in [3.8, 4) is 0 Å². The first-order chi connectivity index (χ1) is 11.9. The van der Waals surface area contributed by atoms with Crippen molar-refractivity contribution in [3.63, 3.8) is 0 Å². The summed E-state index contributed by atoms with van der Waals surface area (Å²) in [6, 6.07) is 6.73. The number of hydrogen-bond acceptors (Lipinski definition) is 2. The van der Waals surface area contributed by atoms with Crippen molar-refractivity contribution in [3.05, 3.63) is 35.6 Å². The van der Waals surface area contributed by atoms with Gasteiger partial charge in [0.05, 0.1) is 0 Å². The minimum absolute atomic E-state index is 0. The SMILES string of the molecule is CN=C(NCC1(CCOC)CCC1)NCC(C)(C)c1ccc(F)cc1.I. The number of aliphatic imine (C=N–C) groups is 1. The van der Waals surface area contributed by atoms with Crippen molar-refractivity contribution in [2.75, 3.05) is 33.9 Å². The zero-order chi connectivity index (χ0) is 18.3. The number of guanidine groups is 1. The van der Waals surface area contributed by atoms with Gasteiger partial charge >= 0.3 is 0 Å². The lowest BCUT2D eigenvalue weighted by Gasteiger charge is -2.42. The average molecular weight is 477 g/mol. The minimum Gasteiger partial charge on any atom is -0.385 e. The van der Waals surface area contributed by atoms with Crippen molar-refractivity contribution in [2.45, 2.75) is 44.9 Å². The van der Waals surface area contributed by atoms with Crippen LogP contribution in [0.1, 0.15) is 45.1 Å². The predicted molar refractivity (Wildman–Crippen MR) is 117 cm³/mol. The molecule has 0 heterocycles. The van der Waals surface area contributed by atoms with Crippen molar-refractivity contribution in [2.24, 2.45) is 10.4 Å². The van der Waals surface area contributed by atoms with Gasteiger partial charge in [0, 0.05) is 39.3 Å². The molecule has 0 saturated heterocycles. The molecule has 0 amide bonds. The van der Waals surface area contributed by atoms with Crippen LogP contribution < -0.4 is 10.6 Å². The fourth-order valence-electron chi connectivity index (χ4n) is 3.31. The molecule has 0 unspecified atom stereocenters. The van der Waals surface area contributed by atoms with Gasteiger partial charge < -0.3 is 15.4 Å². The number of nitrogens with one attached hydrogen (secondary N) is 2. The van der Waals surface area contributed by atoms with Crippen LogP contribution in [0.2, 0.25) is 0 Å². The third kappa shape index (κ3) is 6.37. The lowest BCUT2D eigenvalue weighted by Crippen LogP contribution is -2.49. The molecule has 0 radical (unpaired) electrons. The topological polar surface area (TPSA) is 45.7 Å². The van der Waals surface area contributed by atoms with Crippen LogP contribution in [0.25, 0.3) is 0 Å². The quantitative estimate of drug-likeness (QED) is 0.337. The number of benzene rings is 1. The van der Waals surface area contributed by atoms with E-state index in [0.717, 1.165) is 37.6 Å². The van der Waals surface area contributed by atoms with E-state index >= 15 is 0 Å². The van der Waals surface area contributed by atoms with Gasteiger partial charge in [0.1, 0.15) is 5.82 Å². The van der Waals surface area contributed by atoms with Gasteiger partial charge in [0.15, 0.2) is 5.96 Å². The third-order valence-electron chi connectivity index (χ3n) is 5.43. The van der Waals surface area contributed by atoms with Crippen LogP contribution in [-0.2, 0) is 10.2 Å². The van der Waals surface area contributed by atoms with Gasteiger partial charge in [-0.25, -0.2) is 4.39 Å². The normalized spacial score (nSPS) is 16.4. The highest BCUT2D eigenvalue weighted by Gasteiger charge is 2.36. The van der Waals surface area contributed by atoms with E-state index < -0.39 is 0 Å². The van der Waals surface area contributed by atoms with Gasteiger partial charge in [-0.3, -0.25) is 4.99 Å². The largest absolute Gasteiger partial charge is 0.385 e. The molecule has 6 heteroatoms. The Morgan fingerprint density at radius 3 is 2.38 bits per heavy atom. The van der Waals surface area contributed by atoms with E-state index in [9.17, 15) is 4.39 Å². The van der Waals surface area contributed by atoms with Crippen LogP contribution >= 0.6 is 24.0 Å². The highest BCUT2D eigenvalue weighted by molar-refractivity contribution is 14.0. The molecule has 2 rings (SSSR count). The first-order valence-electron chi connectivity index (χ1n) is 9.10. The molecule has 1 aromatic carbocycles. The maximum atomic E-state index is 13.1. The van der Waals surface area contributed by atoms with E-state index in [0.29, 0.717) is 5.41 Å².